The lowest BCUT2D eigenvalue weighted by molar-refractivity contribution is 0.209. The van der Waals surface area contributed by atoms with Gasteiger partial charge in [-0.25, -0.2) is 15.0 Å². The molecule has 3 aromatic heterocycles. The van der Waals surface area contributed by atoms with Gasteiger partial charge < -0.3 is 14.8 Å². The molecule has 8 heteroatoms. The molecule has 0 atom stereocenters. The Balaban J connectivity index is 0.00000241. The van der Waals surface area contributed by atoms with Crippen molar-refractivity contribution in [2.24, 2.45) is 7.05 Å². The smallest absolute Gasteiger partial charge is 0.182 e. The molecule has 1 N–H and O–H groups in total. The van der Waals surface area contributed by atoms with E-state index in [1.54, 1.807) is 12.7 Å². The van der Waals surface area contributed by atoms with Crippen LogP contribution >= 0.6 is 0 Å². The maximum absolute atomic E-state index is 4.61. The van der Waals surface area contributed by atoms with E-state index < -0.39 is 0 Å². The Bertz CT molecular complexity index is 1240. The van der Waals surface area contributed by atoms with Crippen LogP contribution in [0.5, 0.6) is 0 Å². The number of likely N-dealkylation sites (tertiary alicyclic amines) is 1. The molecule has 0 amide bonds. The number of aromatic amines is 1. The van der Waals surface area contributed by atoms with Crippen LogP contribution in [-0.4, -0.2) is 67.3 Å². The van der Waals surface area contributed by atoms with E-state index in [0.717, 1.165) is 49.5 Å². The van der Waals surface area contributed by atoms with Gasteiger partial charge in [-0.05, 0) is 49.9 Å². The number of nitrogens with zero attached hydrogens (tertiary/aromatic N) is 7. The highest BCUT2D eigenvalue weighted by Crippen LogP contribution is 2.40. The predicted molar refractivity (Wildman–Crippen MR) is 136 cm³/mol. The Morgan fingerprint density at radius 1 is 1.00 bits per heavy atom. The van der Waals surface area contributed by atoms with Crippen molar-refractivity contribution in [2.75, 3.05) is 37.6 Å². The van der Waals surface area contributed by atoms with Crippen LogP contribution in [0.2, 0.25) is 0 Å². The van der Waals surface area contributed by atoms with E-state index in [9.17, 15) is 0 Å². The topological polar surface area (TPSA) is 78.8 Å². The predicted octanol–water partition coefficient (Wildman–Crippen LogP) is 4.02. The number of aromatic nitrogens is 6. The van der Waals surface area contributed by atoms with Crippen molar-refractivity contribution in [1.82, 2.24) is 34.6 Å². The van der Waals surface area contributed by atoms with Gasteiger partial charge in [-0.1, -0.05) is 31.7 Å². The quantitative estimate of drug-likeness (QED) is 0.487. The monoisotopic (exact) mass is 458 g/mol. The average molecular weight is 459 g/mol. The number of nitrogens with one attached hydrogen (secondary N) is 1. The highest BCUT2D eigenvalue weighted by atomic mass is 15.2. The van der Waals surface area contributed by atoms with Crippen LogP contribution in [-0.2, 0) is 12.5 Å². The number of fused-ring (bicyclic) bond motifs is 1. The van der Waals surface area contributed by atoms with E-state index >= 15 is 0 Å². The highest BCUT2D eigenvalue weighted by Gasteiger charge is 2.39. The summed E-state index contributed by atoms with van der Waals surface area (Å²) in [6.07, 6.45) is 12.2. The number of aryl methyl sites for hydroxylation is 1. The Kier molecular flexibility index (Phi) is 6.08. The van der Waals surface area contributed by atoms with E-state index in [1.165, 1.54) is 42.6 Å². The second kappa shape index (κ2) is 9.18. The summed E-state index contributed by atoms with van der Waals surface area (Å²) in [4.78, 5) is 21.5. The molecule has 0 spiro atoms. The molecular weight excluding hydrogens is 424 g/mol. The van der Waals surface area contributed by atoms with Crippen molar-refractivity contribution in [3.8, 4) is 11.1 Å². The Morgan fingerprint density at radius 2 is 1.82 bits per heavy atom. The molecule has 2 saturated heterocycles. The molecule has 5 heterocycles. The van der Waals surface area contributed by atoms with E-state index in [-0.39, 0.29) is 12.8 Å². The molecule has 0 saturated carbocycles. The average Bonchev–Trinajstić information content (AvgIpc) is 3.62. The summed E-state index contributed by atoms with van der Waals surface area (Å²) in [5.74, 6) is 0.969. The number of hydrogen-bond acceptors (Lipinski definition) is 6. The van der Waals surface area contributed by atoms with Crippen LogP contribution in [0.4, 0.5) is 5.82 Å². The van der Waals surface area contributed by atoms with Gasteiger partial charge in [0, 0.05) is 43.9 Å². The van der Waals surface area contributed by atoms with Gasteiger partial charge in [0.1, 0.15) is 11.8 Å². The summed E-state index contributed by atoms with van der Waals surface area (Å²) in [6.45, 7) is 5.50. The maximum atomic E-state index is 4.61. The maximum Gasteiger partial charge on any atom is 0.182 e. The van der Waals surface area contributed by atoms with Gasteiger partial charge in [0.25, 0.3) is 0 Å². The molecule has 0 aliphatic carbocycles. The number of anilines is 1. The summed E-state index contributed by atoms with van der Waals surface area (Å²) in [5.41, 5.74) is 5.68. The van der Waals surface area contributed by atoms with Gasteiger partial charge >= 0.3 is 0 Å². The zero-order valence-corrected chi connectivity index (χ0v) is 19.1. The molecular formula is C26H34N8. The molecule has 0 bridgehead atoms. The molecule has 178 valence electrons. The Hall–Kier alpha value is -3.26. The van der Waals surface area contributed by atoms with E-state index in [0.29, 0.717) is 0 Å². The van der Waals surface area contributed by atoms with Crippen LogP contribution in [0.3, 0.4) is 0 Å². The molecule has 6 rings (SSSR count). The lowest BCUT2D eigenvalue weighted by atomic mass is 9.71. The molecule has 2 aliphatic heterocycles. The normalized spacial score (nSPS) is 18.3. The standard InChI is InChI=1S/C25H30N8.CH4/c1-31-15-20(14-30-31)19-5-4-6-21(13-19)25(16-32-9-2-3-10-32)7-11-33(12-8-25)24-22-23(27-17-26-22)28-18-29-24;/h4-6,13-15,17-18H,2-3,7-12,16H2,1H3,(H,26,27,28,29);1H4. The SMILES string of the molecule is C.Cn1cc(-c2cccc(C3(CN4CCCC4)CCN(c4ncnc5nc[nH]c45)CC3)c2)cn1. The molecule has 0 radical (unpaired) electrons. The second-order valence-corrected chi connectivity index (χ2v) is 9.53. The molecule has 8 nitrogen and oxygen atoms in total. The molecule has 2 fully saturated rings. The van der Waals surface area contributed by atoms with Crippen molar-refractivity contribution in [3.05, 3.63) is 54.9 Å². The number of rotatable bonds is 5. The lowest BCUT2D eigenvalue weighted by Gasteiger charge is -2.45. The third-order valence-electron chi connectivity index (χ3n) is 7.46. The second-order valence-electron chi connectivity index (χ2n) is 9.53. The summed E-state index contributed by atoms with van der Waals surface area (Å²) >= 11 is 0. The number of benzene rings is 1. The fourth-order valence-electron chi connectivity index (χ4n) is 5.64. The largest absolute Gasteiger partial charge is 0.355 e. The van der Waals surface area contributed by atoms with Crippen LogP contribution in [0, 0.1) is 0 Å². The third-order valence-corrected chi connectivity index (χ3v) is 7.46. The number of H-pyrrole nitrogens is 1. The van der Waals surface area contributed by atoms with Gasteiger partial charge in [-0.2, -0.15) is 5.10 Å². The Labute approximate surface area is 201 Å². The first kappa shape index (κ1) is 22.5. The number of piperidine rings is 1. The van der Waals surface area contributed by atoms with Gasteiger partial charge in [0.15, 0.2) is 11.5 Å². The minimum atomic E-state index is 0. The minimum Gasteiger partial charge on any atom is -0.355 e. The van der Waals surface area contributed by atoms with Crippen LogP contribution in [0.25, 0.3) is 22.3 Å². The van der Waals surface area contributed by atoms with E-state index in [4.69, 9.17) is 0 Å². The summed E-state index contributed by atoms with van der Waals surface area (Å²) in [6, 6.07) is 9.16. The molecule has 0 unspecified atom stereocenters. The first-order valence-corrected chi connectivity index (χ1v) is 11.9. The van der Waals surface area contributed by atoms with Crippen molar-refractivity contribution in [1.29, 1.82) is 0 Å². The molecule has 1 aromatic carbocycles. The van der Waals surface area contributed by atoms with Gasteiger partial charge in [0.2, 0.25) is 0 Å². The molecule has 34 heavy (non-hydrogen) atoms. The number of imidazole rings is 1. The van der Waals surface area contributed by atoms with Gasteiger partial charge in [-0.15, -0.1) is 0 Å². The van der Waals surface area contributed by atoms with E-state index in [2.05, 4.69) is 65.3 Å². The highest BCUT2D eigenvalue weighted by molar-refractivity contribution is 5.82. The van der Waals surface area contributed by atoms with Crippen molar-refractivity contribution in [2.45, 2.75) is 38.5 Å². The van der Waals surface area contributed by atoms with Crippen molar-refractivity contribution >= 4 is 17.0 Å². The van der Waals surface area contributed by atoms with Gasteiger partial charge in [0.05, 0.1) is 12.5 Å². The zero-order valence-electron chi connectivity index (χ0n) is 19.1. The summed E-state index contributed by atoms with van der Waals surface area (Å²) < 4.78 is 1.87. The fraction of sp³-hybridized carbons (Fsp3) is 0.462. The summed E-state index contributed by atoms with van der Waals surface area (Å²) in [7, 11) is 1.97. The van der Waals surface area contributed by atoms with Crippen LogP contribution < -0.4 is 4.90 Å². The zero-order chi connectivity index (χ0) is 22.3. The third kappa shape index (κ3) is 4.07. The Morgan fingerprint density at radius 3 is 2.59 bits per heavy atom. The van der Waals surface area contributed by atoms with Gasteiger partial charge in [-0.3, -0.25) is 4.68 Å². The number of hydrogen-bond donors (Lipinski definition) is 1. The lowest BCUT2D eigenvalue weighted by Crippen LogP contribution is -2.49. The van der Waals surface area contributed by atoms with Crippen LogP contribution in [0.15, 0.2) is 49.3 Å². The first-order chi connectivity index (χ1) is 16.2. The summed E-state index contributed by atoms with van der Waals surface area (Å²) in [5, 5.41) is 4.38. The van der Waals surface area contributed by atoms with Crippen LogP contribution in [0.1, 0.15) is 38.7 Å². The van der Waals surface area contributed by atoms with E-state index in [1.807, 2.05) is 17.9 Å². The van der Waals surface area contributed by atoms with Crippen molar-refractivity contribution in [3.63, 3.8) is 0 Å². The molecule has 4 aromatic rings. The fourth-order valence-corrected chi connectivity index (χ4v) is 5.64. The minimum absolute atomic E-state index is 0. The first-order valence-electron chi connectivity index (χ1n) is 11.9. The van der Waals surface area contributed by atoms with Crippen molar-refractivity contribution < 1.29 is 0 Å². The molecule has 2 aliphatic rings.